The molecule has 1 saturated carbocycles. The Bertz CT molecular complexity index is 1360. The van der Waals surface area contributed by atoms with Crippen molar-refractivity contribution < 1.29 is 33.4 Å². The van der Waals surface area contributed by atoms with Crippen molar-refractivity contribution in [3.63, 3.8) is 0 Å². The van der Waals surface area contributed by atoms with Gasteiger partial charge < -0.3 is 14.8 Å². The molecule has 5 rings (SSSR count). The Hall–Kier alpha value is -4.27. The van der Waals surface area contributed by atoms with E-state index in [4.69, 9.17) is 9.47 Å². The van der Waals surface area contributed by atoms with E-state index in [1.165, 1.54) is 34.7 Å². The van der Waals surface area contributed by atoms with E-state index in [9.17, 15) is 24.0 Å². The Labute approximate surface area is 226 Å². The van der Waals surface area contributed by atoms with Crippen LogP contribution in [0, 0.1) is 29.6 Å². The lowest BCUT2D eigenvalue weighted by Gasteiger charge is -2.19. The van der Waals surface area contributed by atoms with E-state index in [0.29, 0.717) is 23.5 Å². The number of nitrogens with zero attached hydrogens (tertiary/aromatic N) is 1. The Morgan fingerprint density at radius 3 is 2.13 bits per heavy atom. The number of imide groups is 1. The van der Waals surface area contributed by atoms with Crippen LogP contribution in [0.3, 0.4) is 0 Å². The van der Waals surface area contributed by atoms with Crippen molar-refractivity contribution >= 4 is 41.0 Å². The number of carbonyl (C=O) groups is 5. The molecule has 202 valence electrons. The Balaban J connectivity index is 1.13. The highest BCUT2D eigenvalue weighted by Gasteiger charge is 2.60. The van der Waals surface area contributed by atoms with Crippen molar-refractivity contribution in [1.82, 2.24) is 0 Å². The van der Waals surface area contributed by atoms with Crippen molar-refractivity contribution in [2.24, 2.45) is 29.6 Å². The summed E-state index contributed by atoms with van der Waals surface area (Å²) in [6.45, 7) is 5.71. The van der Waals surface area contributed by atoms with Crippen LogP contribution in [0.5, 0.6) is 0 Å². The number of anilines is 2. The molecule has 1 saturated heterocycles. The van der Waals surface area contributed by atoms with Crippen LogP contribution in [0.4, 0.5) is 11.4 Å². The molecule has 2 fully saturated rings. The van der Waals surface area contributed by atoms with Crippen molar-refractivity contribution in [3.8, 4) is 0 Å². The molecule has 4 atom stereocenters. The van der Waals surface area contributed by atoms with Crippen LogP contribution >= 0.6 is 0 Å². The Morgan fingerprint density at radius 2 is 1.49 bits per heavy atom. The number of allylic oxidation sites excluding steroid dienone is 2. The van der Waals surface area contributed by atoms with E-state index in [1.54, 1.807) is 24.3 Å². The second-order valence-corrected chi connectivity index (χ2v) is 10.7. The van der Waals surface area contributed by atoms with Gasteiger partial charge in [0, 0.05) is 5.69 Å². The molecule has 3 amide bonds. The summed E-state index contributed by atoms with van der Waals surface area (Å²) >= 11 is 0. The molecule has 9 nitrogen and oxygen atoms in total. The van der Waals surface area contributed by atoms with Gasteiger partial charge in [0.1, 0.15) is 0 Å². The number of hydrogen-bond acceptors (Lipinski definition) is 7. The number of amides is 3. The lowest BCUT2D eigenvalue weighted by atomic mass is 9.82. The minimum Gasteiger partial charge on any atom is -0.462 e. The highest BCUT2D eigenvalue weighted by molar-refractivity contribution is 6.23. The average molecular weight is 531 g/mol. The molecule has 2 aromatic carbocycles. The molecule has 3 aliphatic rings. The van der Waals surface area contributed by atoms with E-state index < -0.39 is 24.5 Å². The standard InChI is InChI=1S/C30H30N2O7/c1-16(2)14-38-29(36)18-4-8-21(9-5-18)31-24(33)15-39-30(37)19-6-10-22(11-7-19)32-27(34)25-20-12-17(3)23(13-20)26(25)28(32)35/h4-12,16,20,23,25-26H,13-15H2,1-3H3,(H,31,33)/t20-,23+,25+,26-/m0/s1. The monoisotopic (exact) mass is 530 g/mol. The van der Waals surface area contributed by atoms with Crippen LogP contribution in [0.25, 0.3) is 0 Å². The first-order valence-electron chi connectivity index (χ1n) is 13.0. The van der Waals surface area contributed by atoms with Crippen LogP contribution in [0.2, 0.25) is 0 Å². The van der Waals surface area contributed by atoms with Gasteiger partial charge in [0.05, 0.1) is 35.3 Å². The number of ether oxygens (including phenoxy) is 2. The van der Waals surface area contributed by atoms with Gasteiger partial charge in [0.25, 0.3) is 5.91 Å². The highest BCUT2D eigenvalue weighted by atomic mass is 16.5. The van der Waals surface area contributed by atoms with Gasteiger partial charge in [-0.3, -0.25) is 19.3 Å². The fourth-order valence-corrected chi connectivity index (χ4v) is 5.70. The number of nitrogens with one attached hydrogen (secondary N) is 1. The minimum absolute atomic E-state index is 0.117. The minimum atomic E-state index is -0.714. The number of carbonyl (C=O) groups excluding carboxylic acids is 5. The molecule has 9 heteroatoms. The lowest BCUT2D eigenvalue weighted by molar-refractivity contribution is -0.123. The maximum absolute atomic E-state index is 13.1. The number of rotatable bonds is 8. The summed E-state index contributed by atoms with van der Waals surface area (Å²) in [6, 6.07) is 12.2. The maximum Gasteiger partial charge on any atom is 0.338 e. The summed E-state index contributed by atoms with van der Waals surface area (Å²) < 4.78 is 10.3. The van der Waals surface area contributed by atoms with Crippen LogP contribution in [-0.2, 0) is 23.9 Å². The summed E-state index contributed by atoms with van der Waals surface area (Å²) in [6.07, 6.45) is 2.99. The smallest absolute Gasteiger partial charge is 0.338 e. The van der Waals surface area contributed by atoms with Crippen LogP contribution < -0.4 is 10.2 Å². The van der Waals surface area contributed by atoms with Gasteiger partial charge in [-0.05, 0) is 79.6 Å². The van der Waals surface area contributed by atoms with Crippen LogP contribution in [0.15, 0.2) is 60.2 Å². The van der Waals surface area contributed by atoms with E-state index in [0.717, 1.165) is 6.42 Å². The zero-order valence-electron chi connectivity index (χ0n) is 22.0. The third kappa shape index (κ3) is 5.08. The van der Waals surface area contributed by atoms with Crippen LogP contribution in [-0.4, -0.2) is 42.9 Å². The molecule has 1 heterocycles. The van der Waals surface area contributed by atoms with Crippen LogP contribution in [0.1, 0.15) is 47.9 Å². The molecule has 2 aromatic rings. The third-order valence-corrected chi connectivity index (χ3v) is 7.53. The van der Waals surface area contributed by atoms with Gasteiger partial charge in [-0.2, -0.15) is 0 Å². The molecule has 2 bridgehead atoms. The van der Waals surface area contributed by atoms with E-state index in [1.807, 2.05) is 20.8 Å². The largest absolute Gasteiger partial charge is 0.462 e. The summed E-state index contributed by atoms with van der Waals surface area (Å²) in [4.78, 5) is 64.1. The van der Waals surface area contributed by atoms with Gasteiger partial charge in [-0.1, -0.05) is 25.5 Å². The van der Waals surface area contributed by atoms with Crippen molar-refractivity contribution in [1.29, 1.82) is 0 Å². The van der Waals surface area contributed by atoms with Gasteiger partial charge in [0.15, 0.2) is 6.61 Å². The number of hydrogen-bond donors (Lipinski definition) is 1. The lowest BCUT2D eigenvalue weighted by Crippen LogP contribution is -2.33. The SMILES string of the molecule is CC1=C[C@H]2C[C@H]1[C@@H]1C(=O)N(c3ccc(C(=O)OCC(=O)Nc4ccc(C(=O)OCC(C)C)cc4)cc3)C(=O)[C@@H]12. The molecular weight excluding hydrogens is 500 g/mol. The molecule has 0 spiro atoms. The Kier molecular flexibility index (Phi) is 7.08. The second kappa shape index (κ2) is 10.5. The number of esters is 2. The predicted octanol–water partition coefficient (Wildman–Crippen LogP) is 4.00. The first-order chi connectivity index (χ1) is 18.6. The fraction of sp³-hybridized carbons (Fsp3) is 0.367. The summed E-state index contributed by atoms with van der Waals surface area (Å²) in [5.41, 5.74) is 2.59. The molecule has 1 N–H and O–H groups in total. The first-order valence-corrected chi connectivity index (χ1v) is 13.0. The second-order valence-electron chi connectivity index (χ2n) is 10.7. The van der Waals surface area contributed by atoms with E-state index in [2.05, 4.69) is 11.4 Å². The van der Waals surface area contributed by atoms with E-state index in [-0.39, 0.29) is 47.0 Å². The molecule has 0 unspecified atom stereocenters. The van der Waals surface area contributed by atoms with Gasteiger partial charge >= 0.3 is 11.9 Å². The third-order valence-electron chi connectivity index (χ3n) is 7.53. The predicted molar refractivity (Wildman–Crippen MR) is 142 cm³/mol. The Morgan fingerprint density at radius 1 is 0.897 bits per heavy atom. The maximum atomic E-state index is 13.1. The zero-order valence-corrected chi connectivity index (χ0v) is 22.0. The molecule has 2 aliphatic carbocycles. The summed E-state index contributed by atoms with van der Waals surface area (Å²) in [5.74, 6) is -2.20. The van der Waals surface area contributed by atoms with E-state index >= 15 is 0 Å². The van der Waals surface area contributed by atoms with Crippen molar-refractivity contribution in [3.05, 3.63) is 71.3 Å². The normalized spacial score (nSPS) is 23.1. The number of benzene rings is 2. The molecule has 0 aromatic heterocycles. The van der Waals surface area contributed by atoms with Crippen molar-refractivity contribution in [2.45, 2.75) is 27.2 Å². The summed E-state index contributed by atoms with van der Waals surface area (Å²) in [7, 11) is 0. The fourth-order valence-electron chi connectivity index (χ4n) is 5.70. The van der Waals surface area contributed by atoms with Gasteiger partial charge in [-0.25, -0.2) is 9.59 Å². The topological polar surface area (TPSA) is 119 Å². The molecule has 0 radical (unpaired) electrons. The zero-order chi connectivity index (χ0) is 27.8. The van der Waals surface area contributed by atoms with Crippen molar-refractivity contribution in [2.75, 3.05) is 23.4 Å². The quantitative estimate of drug-likeness (QED) is 0.311. The van der Waals surface area contributed by atoms with Gasteiger partial charge in [0.2, 0.25) is 11.8 Å². The average Bonchev–Trinajstić information content (AvgIpc) is 3.56. The van der Waals surface area contributed by atoms with Gasteiger partial charge in [-0.15, -0.1) is 0 Å². The molecule has 1 aliphatic heterocycles. The highest BCUT2D eigenvalue weighted by Crippen LogP contribution is 2.55. The first kappa shape index (κ1) is 26.3. The summed E-state index contributed by atoms with van der Waals surface area (Å²) in [5, 5.41) is 2.60. The number of fused-ring (bicyclic) bond motifs is 5. The molecule has 39 heavy (non-hydrogen) atoms. The molecular formula is C30H30N2O7.